The first-order chi connectivity index (χ1) is 8.04. The van der Waals surface area contributed by atoms with Crippen LogP contribution in [0.25, 0.3) is 0 Å². The fraction of sp³-hybridized carbons (Fsp3) is 0.0833. The predicted molar refractivity (Wildman–Crippen MR) is 76.4 cm³/mol. The van der Waals surface area contributed by atoms with Gasteiger partial charge in [-0.15, -0.1) is 0 Å². The lowest BCUT2D eigenvalue weighted by Crippen LogP contribution is -1.94. The number of nitrogens with one attached hydrogen (secondary N) is 1. The molecule has 1 aromatic carbocycles. The maximum absolute atomic E-state index is 5.92. The number of benzene rings is 1. The Balaban J connectivity index is 2.28. The summed E-state index contributed by atoms with van der Waals surface area (Å²) in [5.41, 5.74) is 1.92. The molecule has 17 heavy (non-hydrogen) atoms. The molecule has 1 N–H and O–H groups in total. The average molecular weight is 332 g/mol. The van der Waals surface area contributed by atoms with Gasteiger partial charge in [0.15, 0.2) is 0 Å². The molecule has 0 fully saturated rings. The zero-order valence-electron chi connectivity index (χ0n) is 8.97. The lowest BCUT2D eigenvalue weighted by Gasteiger charge is -2.08. The van der Waals surface area contributed by atoms with Crippen LogP contribution >= 0.6 is 39.1 Å². The van der Waals surface area contributed by atoms with Crippen molar-refractivity contribution >= 4 is 50.6 Å². The van der Waals surface area contributed by atoms with E-state index in [-0.39, 0.29) is 0 Å². The maximum Gasteiger partial charge on any atom is 0.130 e. The standard InChI is InChI=1S/C12H9BrCl2N2/c1-7-2-12(16-6-11(7)13)17-10-4-8(14)3-9(15)5-10/h2-6H,1H3,(H,16,17). The minimum Gasteiger partial charge on any atom is -0.340 e. The summed E-state index contributed by atoms with van der Waals surface area (Å²) in [7, 11) is 0. The highest BCUT2D eigenvalue weighted by molar-refractivity contribution is 9.10. The number of halogens is 3. The molecule has 5 heteroatoms. The van der Waals surface area contributed by atoms with Crippen LogP contribution in [0.1, 0.15) is 5.56 Å². The molecule has 0 saturated carbocycles. The van der Waals surface area contributed by atoms with E-state index < -0.39 is 0 Å². The minimum absolute atomic E-state index is 0.592. The van der Waals surface area contributed by atoms with Crippen LogP contribution in [0, 0.1) is 6.92 Å². The van der Waals surface area contributed by atoms with Crippen molar-refractivity contribution in [3.63, 3.8) is 0 Å². The Bertz CT molecular complexity index is 538. The molecule has 1 aromatic heterocycles. The van der Waals surface area contributed by atoms with E-state index in [4.69, 9.17) is 23.2 Å². The van der Waals surface area contributed by atoms with Gasteiger partial charge in [-0.3, -0.25) is 0 Å². The summed E-state index contributed by atoms with van der Waals surface area (Å²) in [4.78, 5) is 4.25. The van der Waals surface area contributed by atoms with Crippen LogP contribution in [0.4, 0.5) is 11.5 Å². The lowest BCUT2D eigenvalue weighted by molar-refractivity contribution is 1.25. The molecule has 0 spiro atoms. The van der Waals surface area contributed by atoms with Gasteiger partial charge < -0.3 is 5.32 Å². The number of nitrogens with zero attached hydrogens (tertiary/aromatic N) is 1. The maximum atomic E-state index is 5.92. The molecule has 0 aliphatic carbocycles. The molecule has 2 nitrogen and oxygen atoms in total. The summed E-state index contributed by atoms with van der Waals surface area (Å²) in [5.74, 6) is 0.754. The number of aryl methyl sites for hydroxylation is 1. The van der Waals surface area contributed by atoms with Gasteiger partial charge in [0.1, 0.15) is 5.82 Å². The predicted octanol–water partition coefficient (Wildman–Crippen LogP) is 5.20. The van der Waals surface area contributed by atoms with Crippen molar-refractivity contribution in [1.29, 1.82) is 0 Å². The summed E-state index contributed by atoms with van der Waals surface area (Å²) >= 11 is 15.2. The molecule has 0 radical (unpaired) electrons. The molecular formula is C12H9BrCl2N2. The van der Waals surface area contributed by atoms with Gasteiger partial charge in [-0.1, -0.05) is 23.2 Å². The molecule has 0 amide bonds. The normalized spacial score (nSPS) is 10.4. The second-order valence-electron chi connectivity index (χ2n) is 3.60. The van der Waals surface area contributed by atoms with Gasteiger partial charge in [-0.2, -0.15) is 0 Å². The molecule has 2 aromatic rings. The van der Waals surface area contributed by atoms with Crippen molar-refractivity contribution < 1.29 is 0 Å². The Hall–Kier alpha value is -0.770. The van der Waals surface area contributed by atoms with Crippen molar-refractivity contribution in [2.24, 2.45) is 0 Å². The van der Waals surface area contributed by atoms with E-state index in [0.717, 1.165) is 21.5 Å². The van der Waals surface area contributed by atoms with Crippen molar-refractivity contribution in [1.82, 2.24) is 4.98 Å². The van der Waals surface area contributed by atoms with Crippen molar-refractivity contribution in [3.8, 4) is 0 Å². The zero-order valence-corrected chi connectivity index (χ0v) is 12.1. The topological polar surface area (TPSA) is 24.9 Å². The fourth-order valence-electron chi connectivity index (χ4n) is 1.38. The number of pyridine rings is 1. The highest BCUT2D eigenvalue weighted by atomic mass is 79.9. The molecule has 0 saturated heterocycles. The smallest absolute Gasteiger partial charge is 0.130 e. The molecule has 0 bridgehead atoms. The second-order valence-corrected chi connectivity index (χ2v) is 5.33. The molecular weight excluding hydrogens is 323 g/mol. The summed E-state index contributed by atoms with van der Waals surface area (Å²) in [6.07, 6.45) is 1.75. The van der Waals surface area contributed by atoms with Gasteiger partial charge in [-0.25, -0.2) is 4.98 Å². The first-order valence-corrected chi connectivity index (χ1v) is 6.45. The van der Waals surface area contributed by atoms with Crippen LogP contribution in [-0.4, -0.2) is 4.98 Å². The van der Waals surface area contributed by atoms with Crippen LogP contribution in [0.15, 0.2) is 34.9 Å². The molecule has 0 atom stereocenters. The van der Waals surface area contributed by atoms with E-state index in [1.807, 2.05) is 13.0 Å². The summed E-state index contributed by atoms with van der Waals surface area (Å²) in [6, 6.07) is 7.23. The Morgan fingerprint density at radius 3 is 2.35 bits per heavy atom. The highest BCUT2D eigenvalue weighted by Crippen LogP contribution is 2.25. The molecule has 2 rings (SSSR count). The van der Waals surface area contributed by atoms with E-state index in [1.165, 1.54) is 0 Å². The molecule has 0 aliphatic heterocycles. The summed E-state index contributed by atoms with van der Waals surface area (Å²) in [6.45, 7) is 2.00. The van der Waals surface area contributed by atoms with E-state index >= 15 is 0 Å². The SMILES string of the molecule is Cc1cc(Nc2cc(Cl)cc(Cl)c2)ncc1Br. The average Bonchev–Trinajstić information content (AvgIpc) is 2.22. The van der Waals surface area contributed by atoms with Gasteiger partial charge in [-0.05, 0) is 52.7 Å². The van der Waals surface area contributed by atoms with Crippen LogP contribution in [0.3, 0.4) is 0 Å². The van der Waals surface area contributed by atoms with E-state index in [9.17, 15) is 0 Å². The lowest BCUT2D eigenvalue weighted by atomic mass is 10.3. The molecule has 0 unspecified atom stereocenters. The number of hydrogen-bond donors (Lipinski definition) is 1. The van der Waals surface area contributed by atoms with Crippen LogP contribution < -0.4 is 5.32 Å². The fourth-order valence-corrected chi connectivity index (χ4v) is 2.12. The number of anilines is 2. The zero-order chi connectivity index (χ0) is 12.4. The molecule has 1 heterocycles. The van der Waals surface area contributed by atoms with Gasteiger partial charge >= 0.3 is 0 Å². The number of hydrogen-bond acceptors (Lipinski definition) is 2. The first kappa shape index (κ1) is 12.7. The van der Waals surface area contributed by atoms with E-state index in [2.05, 4.69) is 26.2 Å². The summed E-state index contributed by atoms with van der Waals surface area (Å²) in [5, 5.41) is 4.34. The number of rotatable bonds is 2. The summed E-state index contributed by atoms with van der Waals surface area (Å²) < 4.78 is 0.979. The van der Waals surface area contributed by atoms with Crippen molar-refractivity contribution in [3.05, 3.63) is 50.5 Å². The minimum atomic E-state index is 0.592. The number of aromatic nitrogens is 1. The van der Waals surface area contributed by atoms with Crippen LogP contribution in [-0.2, 0) is 0 Å². The first-order valence-electron chi connectivity index (χ1n) is 4.90. The second kappa shape index (κ2) is 5.25. The Kier molecular flexibility index (Phi) is 3.92. The third-order valence-electron chi connectivity index (χ3n) is 2.18. The van der Waals surface area contributed by atoms with Crippen LogP contribution in [0.5, 0.6) is 0 Å². The van der Waals surface area contributed by atoms with Gasteiger partial charge in [0.05, 0.1) is 0 Å². The largest absolute Gasteiger partial charge is 0.340 e. The van der Waals surface area contributed by atoms with Gasteiger partial charge in [0, 0.05) is 26.4 Å². The monoisotopic (exact) mass is 330 g/mol. The Morgan fingerprint density at radius 1 is 1.12 bits per heavy atom. The third kappa shape index (κ3) is 3.35. The van der Waals surface area contributed by atoms with Gasteiger partial charge in [0.25, 0.3) is 0 Å². The van der Waals surface area contributed by atoms with Crippen molar-refractivity contribution in [2.45, 2.75) is 6.92 Å². The van der Waals surface area contributed by atoms with Crippen molar-refractivity contribution in [2.75, 3.05) is 5.32 Å². The van der Waals surface area contributed by atoms with E-state index in [1.54, 1.807) is 24.4 Å². The quantitative estimate of drug-likeness (QED) is 0.817. The Labute approximate surface area is 118 Å². The van der Waals surface area contributed by atoms with Crippen LogP contribution in [0.2, 0.25) is 10.0 Å². The van der Waals surface area contributed by atoms with Gasteiger partial charge in [0.2, 0.25) is 0 Å². The molecule has 88 valence electrons. The molecule has 0 aliphatic rings. The Morgan fingerprint density at radius 2 is 1.76 bits per heavy atom. The third-order valence-corrected chi connectivity index (χ3v) is 3.45. The highest BCUT2D eigenvalue weighted by Gasteiger charge is 2.02. The van der Waals surface area contributed by atoms with E-state index in [0.29, 0.717) is 10.0 Å².